The normalized spacial score (nSPS) is 11.4. The van der Waals surface area contributed by atoms with E-state index in [0.29, 0.717) is 23.7 Å². The van der Waals surface area contributed by atoms with Crippen LogP contribution in [0, 0.1) is 11.3 Å². The number of carbonyl (C=O) groups is 2. The Kier molecular flexibility index (Phi) is 8.29. The topological polar surface area (TPSA) is 103 Å². The maximum absolute atomic E-state index is 13.6. The number of methoxy groups -OCH3 is 2. The molecule has 1 unspecified atom stereocenters. The number of para-hydroxylation sites is 1. The molecule has 1 heterocycles. The Morgan fingerprint density at radius 2 is 1.82 bits per heavy atom. The van der Waals surface area contributed by atoms with E-state index in [9.17, 15) is 14.9 Å². The monoisotopic (exact) mass is 511 g/mol. The lowest BCUT2D eigenvalue weighted by molar-refractivity contribution is -0.142. The van der Waals surface area contributed by atoms with Crippen molar-refractivity contribution in [1.29, 1.82) is 5.26 Å². The molecular weight excluding hydrogens is 482 g/mol. The highest BCUT2D eigenvalue weighted by Gasteiger charge is 2.26. The highest BCUT2D eigenvalue weighted by atomic mass is 16.5. The van der Waals surface area contributed by atoms with Gasteiger partial charge in [-0.25, -0.2) is 4.79 Å². The summed E-state index contributed by atoms with van der Waals surface area (Å²) in [6.07, 6.45) is 2.03. The van der Waals surface area contributed by atoms with Crippen LogP contribution < -0.4 is 14.8 Å². The second-order valence-corrected chi connectivity index (χ2v) is 8.59. The summed E-state index contributed by atoms with van der Waals surface area (Å²) < 4.78 is 17.9. The minimum atomic E-state index is -0.955. The first kappa shape index (κ1) is 26.3. The van der Waals surface area contributed by atoms with Crippen LogP contribution >= 0.6 is 0 Å². The third-order valence-electron chi connectivity index (χ3n) is 6.25. The SMILES string of the molecule is CCOc1ccc(-c2cccc(OC)c2)cc1C(=O)NC(Cc1cn(CC#N)c2ccccc12)C(=O)OC. The van der Waals surface area contributed by atoms with Crippen molar-refractivity contribution in [2.75, 3.05) is 20.8 Å². The van der Waals surface area contributed by atoms with Gasteiger partial charge in [0.05, 0.1) is 32.5 Å². The Labute approximate surface area is 221 Å². The molecule has 0 fully saturated rings. The predicted octanol–water partition coefficient (Wildman–Crippen LogP) is 4.75. The van der Waals surface area contributed by atoms with Gasteiger partial charge in [-0.3, -0.25) is 4.79 Å². The molecule has 8 heteroatoms. The molecule has 4 aromatic rings. The van der Waals surface area contributed by atoms with Gasteiger partial charge in [-0.05, 0) is 53.9 Å². The zero-order valence-corrected chi connectivity index (χ0v) is 21.6. The fourth-order valence-corrected chi connectivity index (χ4v) is 4.45. The lowest BCUT2D eigenvalue weighted by Gasteiger charge is -2.18. The van der Waals surface area contributed by atoms with Gasteiger partial charge in [0.25, 0.3) is 5.91 Å². The number of rotatable bonds is 10. The number of aromatic nitrogens is 1. The summed E-state index contributed by atoms with van der Waals surface area (Å²) in [5.74, 6) is 0.0707. The zero-order valence-electron chi connectivity index (χ0n) is 21.6. The van der Waals surface area contributed by atoms with Crippen molar-refractivity contribution in [2.24, 2.45) is 0 Å². The van der Waals surface area contributed by atoms with Gasteiger partial charge in [-0.15, -0.1) is 0 Å². The molecule has 8 nitrogen and oxygen atoms in total. The largest absolute Gasteiger partial charge is 0.497 e. The summed E-state index contributed by atoms with van der Waals surface area (Å²) >= 11 is 0. The van der Waals surface area contributed by atoms with Gasteiger partial charge < -0.3 is 24.1 Å². The molecule has 0 aliphatic rings. The molecule has 0 radical (unpaired) electrons. The highest BCUT2D eigenvalue weighted by Crippen LogP contribution is 2.29. The number of nitrogens with zero attached hydrogens (tertiary/aromatic N) is 2. The lowest BCUT2D eigenvalue weighted by atomic mass is 10.0. The number of hydrogen-bond acceptors (Lipinski definition) is 6. The molecule has 1 aromatic heterocycles. The Morgan fingerprint density at radius 3 is 2.55 bits per heavy atom. The third kappa shape index (κ3) is 5.62. The smallest absolute Gasteiger partial charge is 0.328 e. The van der Waals surface area contributed by atoms with E-state index in [2.05, 4.69) is 11.4 Å². The summed E-state index contributed by atoms with van der Waals surface area (Å²) in [4.78, 5) is 26.3. The number of carbonyl (C=O) groups excluding carboxylic acids is 2. The number of nitriles is 1. The van der Waals surface area contributed by atoms with Crippen LogP contribution in [0.4, 0.5) is 0 Å². The average molecular weight is 512 g/mol. The van der Waals surface area contributed by atoms with E-state index in [-0.39, 0.29) is 13.0 Å². The van der Waals surface area contributed by atoms with E-state index < -0.39 is 17.9 Å². The molecule has 194 valence electrons. The lowest BCUT2D eigenvalue weighted by Crippen LogP contribution is -2.43. The molecule has 38 heavy (non-hydrogen) atoms. The molecule has 1 amide bonds. The first-order chi connectivity index (χ1) is 18.5. The van der Waals surface area contributed by atoms with Gasteiger partial charge in [0, 0.05) is 23.5 Å². The molecule has 0 aliphatic heterocycles. The summed E-state index contributed by atoms with van der Waals surface area (Å²) in [6.45, 7) is 2.38. The van der Waals surface area contributed by atoms with Crippen molar-refractivity contribution < 1.29 is 23.8 Å². The first-order valence-electron chi connectivity index (χ1n) is 12.2. The van der Waals surface area contributed by atoms with Gasteiger partial charge >= 0.3 is 5.97 Å². The van der Waals surface area contributed by atoms with Crippen molar-refractivity contribution in [3.8, 4) is 28.7 Å². The number of amides is 1. The van der Waals surface area contributed by atoms with Crippen LogP contribution in [0.25, 0.3) is 22.0 Å². The number of benzene rings is 3. The van der Waals surface area contributed by atoms with E-state index >= 15 is 0 Å². The Balaban J connectivity index is 1.67. The van der Waals surface area contributed by atoms with Crippen molar-refractivity contribution in [3.63, 3.8) is 0 Å². The van der Waals surface area contributed by atoms with Crippen molar-refractivity contribution in [1.82, 2.24) is 9.88 Å². The van der Waals surface area contributed by atoms with Gasteiger partial charge in [0.15, 0.2) is 0 Å². The second-order valence-electron chi connectivity index (χ2n) is 8.59. The van der Waals surface area contributed by atoms with Gasteiger partial charge in [0.2, 0.25) is 0 Å². The molecular formula is C30H29N3O5. The quantitative estimate of drug-likeness (QED) is 0.308. The summed E-state index contributed by atoms with van der Waals surface area (Å²) in [7, 11) is 2.89. The number of ether oxygens (including phenoxy) is 3. The van der Waals surface area contributed by atoms with E-state index in [1.807, 2.05) is 72.3 Å². The van der Waals surface area contributed by atoms with Gasteiger partial charge in [-0.1, -0.05) is 36.4 Å². The summed E-state index contributed by atoms with van der Waals surface area (Å²) in [6, 6.07) is 21.7. The summed E-state index contributed by atoms with van der Waals surface area (Å²) in [5, 5.41) is 13.0. The van der Waals surface area contributed by atoms with E-state index in [1.54, 1.807) is 19.2 Å². The van der Waals surface area contributed by atoms with Crippen LogP contribution in [-0.4, -0.2) is 43.3 Å². The fraction of sp³-hybridized carbons (Fsp3) is 0.233. The molecule has 1 N–H and O–H groups in total. The molecule has 1 atom stereocenters. The minimum Gasteiger partial charge on any atom is -0.497 e. The van der Waals surface area contributed by atoms with Crippen LogP contribution in [0.1, 0.15) is 22.8 Å². The van der Waals surface area contributed by atoms with Crippen molar-refractivity contribution in [3.05, 3.63) is 84.1 Å². The standard InChI is InChI=1S/C30H29N3O5/c1-4-38-28-13-12-21(20-8-7-9-23(16-20)36-2)17-25(28)29(34)32-26(30(35)37-3)18-22-19-33(15-14-31)27-11-6-5-10-24(22)27/h5-13,16-17,19,26H,4,15,18H2,1-3H3,(H,32,34). The molecule has 0 spiro atoms. The fourth-order valence-electron chi connectivity index (χ4n) is 4.45. The number of esters is 1. The second kappa shape index (κ2) is 12.0. The van der Waals surface area contributed by atoms with E-state index in [0.717, 1.165) is 27.6 Å². The van der Waals surface area contributed by atoms with Crippen LogP contribution in [0.2, 0.25) is 0 Å². The maximum Gasteiger partial charge on any atom is 0.328 e. The van der Waals surface area contributed by atoms with Crippen LogP contribution in [-0.2, 0) is 22.5 Å². The van der Waals surface area contributed by atoms with Crippen LogP contribution in [0.15, 0.2) is 72.9 Å². The number of nitrogens with one attached hydrogen (secondary N) is 1. The minimum absolute atomic E-state index is 0.171. The highest BCUT2D eigenvalue weighted by molar-refractivity contribution is 6.00. The third-order valence-corrected chi connectivity index (χ3v) is 6.25. The molecule has 0 saturated carbocycles. The van der Waals surface area contributed by atoms with Gasteiger partial charge in [-0.2, -0.15) is 5.26 Å². The molecule has 3 aromatic carbocycles. The average Bonchev–Trinajstić information content (AvgIpc) is 3.29. The molecule has 4 rings (SSSR count). The Hall–Kier alpha value is -4.77. The Morgan fingerprint density at radius 1 is 1.03 bits per heavy atom. The predicted molar refractivity (Wildman–Crippen MR) is 144 cm³/mol. The number of fused-ring (bicyclic) bond motifs is 1. The van der Waals surface area contributed by atoms with Crippen molar-refractivity contribution >= 4 is 22.8 Å². The number of hydrogen-bond donors (Lipinski definition) is 1. The first-order valence-corrected chi connectivity index (χ1v) is 12.2. The van der Waals surface area contributed by atoms with Crippen LogP contribution in [0.3, 0.4) is 0 Å². The van der Waals surface area contributed by atoms with Crippen LogP contribution in [0.5, 0.6) is 11.5 Å². The summed E-state index contributed by atoms with van der Waals surface area (Å²) in [5.41, 5.74) is 3.67. The molecule has 0 saturated heterocycles. The van der Waals surface area contributed by atoms with E-state index in [1.165, 1.54) is 7.11 Å². The van der Waals surface area contributed by atoms with Crippen molar-refractivity contribution in [2.45, 2.75) is 25.9 Å². The van der Waals surface area contributed by atoms with Gasteiger partial charge in [0.1, 0.15) is 24.1 Å². The molecule has 0 aliphatic carbocycles. The Bertz CT molecular complexity index is 1500. The zero-order chi connectivity index (χ0) is 27.1. The molecule has 0 bridgehead atoms. The maximum atomic E-state index is 13.6. The van der Waals surface area contributed by atoms with E-state index in [4.69, 9.17) is 14.2 Å².